The molecule has 10 atom stereocenters. The summed E-state index contributed by atoms with van der Waals surface area (Å²) in [4.78, 5) is 83.0. The van der Waals surface area contributed by atoms with Crippen molar-refractivity contribution in [3.05, 3.63) is 36.7 Å². The first-order chi connectivity index (χ1) is 25.3. The van der Waals surface area contributed by atoms with Gasteiger partial charge in [-0.1, -0.05) is 6.08 Å². The van der Waals surface area contributed by atoms with Crippen LogP contribution in [0, 0.1) is 0 Å². The van der Waals surface area contributed by atoms with E-state index >= 15 is 0 Å². The van der Waals surface area contributed by atoms with Crippen LogP contribution in [-0.2, 0) is 60.6 Å². The summed E-state index contributed by atoms with van der Waals surface area (Å²) in [7, 11) is -11.6. The van der Waals surface area contributed by atoms with E-state index in [0.29, 0.717) is 0 Å². The average Bonchev–Trinajstić information content (AvgIpc) is 3.73. The molecular weight excluding hydrogens is 776 g/mol. The van der Waals surface area contributed by atoms with E-state index in [4.69, 9.17) is 39.5 Å². The van der Waals surface area contributed by atoms with Crippen molar-refractivity contribution in [1.29, 1.82) is 0 Å². The number of esters is 2. The zero-order chi connectivity index (χ0) is 39.4. The van der Waals surface area contributed by atoms with E-state index in [1.807, 2.05) is 0 Å². The number of primary amides is 1. The number of phosphoric ester groups is 2. The highest BCUT2D eigenvalue weighted by molar-refractivity contribution is 7.61. The van der Waals surface area contributed by atoms with Gasteiger partial charge in [-0.15, -0.1) is 0 Å². The second-order valence-corrected chi connectivity index (χ2v) is 15.0. The van der Waals surface area contributed by atoms with E-state index in [1.165, 1.54) is 23.4 Å². The van der Waals surface area contributed by atoms with E-state index in [-0.39, 0.29) is 29.0 Å². The van der Waals surface area contributed by atoms with Gasteiger partial charge in [0.1, 0.15) is 36.8 Å². The zero-order valence-electron chi connectivity index (χ0n) is 27.2. The van der Waals surface area contributed by atoms with Gasteiger partial charge in [-0.05, 0) is 6.42 Å². The number of ether oxygens (including phenoxy) is 4. The van der Waals surface area contributed by atoms with Crippen molar-refractivity contribution < 1.29 is 90.8 Å². The molecule has 0 radical (unpaired) electrons. The number of aromatic nitrogens is 4. The highest BCUT2D eigenvalue weighted by atomic mass is 31.3. The third-order valence-electron chi connectivity index (χ3n) is 8.39. The number of ketones is 1. The number of carbonyl (C=O) groups excluding carboxylic acids is 4. The maximum Gasteiger partial charge on any atom is 0.481 e. The van der Waals surface area contributed by atoms with Crippen LogP contribution in [0.3, 0.4) is 0 Å². The van der Waals surface area contributed by atoms with Crippen LogP contribution in [-0.4, -0.2) is 134 Å². The minimum Gasteiger partial charge on any atom is -0.423 e. The molecule has 4 aliphatic heterocycles. The largest absolute Gasteiger partial charge is 0.481 e. The number of rotatable bonds is 11. The molecule has 26 nitrogen and oxygen atoms in total. The molecule has 0 aliphatic carbocycles. The number of Topliss-reactive ketones (excluding diaryl/α,β-unsaturated/α-hetero) is 1. The lowest BCUT2D eigenvalue weighted by Crippen LogP contribution is -2.63. The summed E-state index contributed by atoms with van der Waals surface area (Å²) in [6.45, 7) is -2.82. The van der Waals surface area contributed by atoms with E-state index < -0.39 is 114 Å². The number of imidazole rings is 1. The Hall–Kier alpha value is -4.27. The average molecular weight is 808 g/mol. The summed E-state index contributed by atoms with van der Waals surface area (Å²) in [6, 6.07) is 0. The molecule has 2 aromatic rings. The lowest BCUT2D eigenvalue weighted by atomic mass is 10.0. The number of aliphatic hydroxyl groups is 4. The normalized spacial score (nSPS) is 33.9. The number of hydrogen-bond donors (Lipinski definition) is 8. The molecule has 3 saturated heterocycles. The predicted octanol–water partition coefficient (Wildman–Crippen LogP) is -3.58. The standard InChI is InChI=1S/C26H31N7O19P2/c27-19-15-21(30-9-29-19)33(10-31-15)23-18(38)26(41)25(50-23,51-24(40)12(34)3-4-14(35)49-26)8-47-54(44,45)52-53(42,43)46-7-13-16(36)17(37)22(48-13)32-5-1-2-11(6-32)20(28)39/h1,5-6,9-10,13,16-18,22-23,36-38,41H,2-4,7-8H2,(H2,28,39)(H,42,43)(H,44,45)(H2,27,29,30)/t13-,16-,17-,18-,22-,23-,25-,26+/m1/s1. The number of nitrogens with two attached hydrogens (primary N) is 2. The van der Waals surface area contributed by atoms with Crippen molar-refractivity contribution in [2.24, 2.45) is 5.73 Å². The smallest absolute Gasteiger partial charge is 0.423 e. The molecule has 0 spiro atoms. The van der Waals surface area contributed by atoms with Crippen LogP contribution < -0.4 is 11.5 Å². The molecule has 0 bridgehead atoms. The number of aliphatic hydroxyl groups excluding tert-OH is 3. The van der Waals surface area contributed by atoms with Crippen LogP contribution in [0.1, 0.15) is 25.5 Å². The lowest BCUT2D eigenvalue weighted by molar-refractivity contribution is -0.356. The van der Waals surface area contributed by atoms with Gasteiger partial charge in [0.25, 0.3) is 0 Å². The third-order valence-corrected chi connectivity index (χ3v) is 11.0. The molecule has 4 aliphatic rings. The van der Waals surface area contributed by atoms with Gasteiger partial charge in [0, 0.05) is 24.4 Å². The molecule has 3 fully saturated rings. The number of nitrogens with zero attached hydrogens (tertiary/aromatic N) is 5. The van der Waals surface area contributed by atoms with Crippen molar-refractivity contribution >= 4 is 56.3 Å². The number of allylic oxidation sites excluding steroid dienone is 1. The molecule has 2 unspecified atom stereocenters. The number of amides is 1. The van der Waals surface area contributed by atoms with E-state index in [2.05, 4.69) is 19.3 Å². The minimum atomic E-state index is -5.94. The van der Waals surface area contributed by atoms with Crippen molar-refractivity contribution in [1.82, 2.24) is 24.4 Å². The number of nitrogen functional groups attached to an aromatic ring is 1. The summed E-state index contributed by atoms with van der Waals surface area (Å²) in [5.74, 6) is -12.4. The maximum absolute atomic E-state index is 13.0. The minimum absolute atomic E-state index is 0.0548. The van der Waals surface area contributed by atoms with E-state index in [9.17, 15) is 58.5 Å². The monoisotopic (exact) mass is 807 g/mol. The van der Waals surface area contributed by atoms with Gasteiger partial charge in [0.15, 0.2) is 30.0 Å². The summed E-state index contributed by atoms with van der Waals surface area (Å²) in [5.41, 5.74) is 11.0. The van der Waals surface area contributed by atoms with Gasteiger partial charge in [-0.25, -0.2) is 28.9 Å². The molecule has 6 rings (SSSR count). The van der Waals surface area contributed by atoms with Crippen LogP contribution in [0.15, 0.2) is 36.7 Å². The number of phosphoric acid groups is 2. The van der Waals surface area contributed by atoms with Crippen molar-refractivity contribution in [3.8, 4) is 0 Å². The maximum atomic E-state index is 13.0. The second-order valence-electron chi connectivity index (χ2n) is 12.0. The Labute approximate surface area is 300 Å². The number of carbonyl (C=O) groups is 4. The molecule has 28 heteroatoms. The molecule has 54 heavy (non-hydrogen) atoms. The first-order valence-electron chi connectivity index (χ1n) is 15.4. The third kappa shape index (κ3) is 7.39. The molecule has 294 valence electrons. The van der Waals surface area contributed by atoms with Crippen LogP contribution in [0.2, 0.25) is 0 Å². The quantitative estimate of drug-likeness (QED) is 0.0618. The summed E-state index contributed by atoms with van der Waals surface area (Å²) < 4.78 is 61.6. The fraction of sp³-hybridized carbons (Fsp3) is 0.500. The lowest BCUT2D eigenvalue weighted by Gasteiger charge is -2.38. The Bertz CT molecular complexity index is 2030. The van der Waals surface area contributed by atoms with E-state index in [0.717, 1.165) is 17.2 Å². The second kappa shape index (κ2) is 14.4. The van der Waals surface area contributed by atoms with Crippen molar-refractivity contribution in [3.63, 3.8) is 0 Å². The Morgan fingerprint density at radius 1 is 1.02 bits per heavy atom. The van der Waals surface area contributed by atoms with Gasteiger partial charge in [-0.3, -0.25) is 28.0 Å². The van der Waals surface area contributed by atoms with E-state index in [1.54, 1.807) is 0 Å². The highest BCUT2D eigenvalue weighted by Gasteiger charge is 2.73. The molecule has 0 aromatic carbocycles. The number of anilines is 1. The first kappa shape index (κ1) is 39.4. The van der Waals surface area contributed by atoms with Gasteiger partial charge < -0.3 is 65.5 Å². The van der Waals surface area contributed by atoms with Crippen LogP contribution >= 0.6 is 15.6 Å². The Morgan fingerprint density at radius 2 is 1.74 bits per heavy atom. The van der Waals surface area contributed by atoms with Crippen molar-refractivity contribution in [2.45, 2.75) is 67.7 Å². The van der Waals surface area contributed by atoms with Gasteiger partial charge in [0.05, 0.1) is 19.4 Å². The Balaban J connectivity index is 1.20. The molecular formula is C26H31N7O19P2. The van der Waals surface area contributed by atoms with Gasteiger partial charge in [-0.2, -0.15) is 4.31 Å². The molecule has 0 saturated carbocycles. The first-order valence-corrected chi connectivity index (χ1v) is 18.4. The molecule has 10 N–H and O–H groups in total. The molecule has 6 heterocycles. The van der Waals surface area contributed by atoms with Crippen LogP contribution in [0.5, 0.6) is 0 Å². The molecule has 1 amide bonds. The predicted molar refractivity (Wildman–Crippen MR) is 166 cm³/mol. The Kier molecular flexibility index (Phi) is 10.5. The van der Waals surface area contributed by atoms with Crippen LogP contribution in [0.25, 0.3) is 11.2 Å². The van der Waals surface area contributed by atoms with Crippen molar-refractivity contribution in [2.75, 3.05) is 18.9 Å². The fourth-order valence-electron chi connectivity index (χ4n) is 5.70. The SMILES string of the molecule is NC(=O)C1=CN([C@@H]2O[C@H](COP(=O)(O)OP(=O)(O)OC[C@@]34OC(=O)C(=O)CCC(=O)O[C@@]3(O)[C@H](O)[C@H](n3cnc5c(N)ncnc53)O4)[C@@H](O)[C@H]2O)C=CC1. The zero-order valence-corrected chi connectivity index (χ0v) is 29.0. The fourth-order valence-corrected chi connectivity index (χ4v) is 7.79. The van der Waals surface area contributed by atoms with Gasteiger partial charge in [0.2, 0.25) is 11.7 Å². The Morgan fingerprint density at radius 3 is 2.46 bits per heavy atom. The highest BCUT2D eigenvalue weighted by Crippen LogP contribution is 2.61. The summed E-state index contributed by atoms with van der Waals surface area (Å²) in [6.07, 6.45) is -6.20. The summed E-state index contributed by atoms with van der Waals surface area (Å²) >= 11 is 0. The van der Waals surface area contributed by atoms with Crippen LogP contribution in [0.4, 0.5) is 5.82 Å². The topological polar surface area (TPSA) is 387 Å². The summed E-state index contributed by atoms with van der Waals surface area (Å²) in [5, 5.41) is 43.9. The number of hydrogen-bond acceptors (Lipinski definition) is 22. The number of fused-ring (bicyclic) bond motifs is 2. The van der Waals surface area contributed by atoms with Gasteiger partial charge >= 0.3 is 39.2 Å². The molecule has 2 aromatic heterocycles.